The molecule has 1 aliphatic carbocycles. The minimum atomic E-state index is 0.276. The van der Waals surface area contributed by atoms with Crippen LogP contribution in [0.4, 0.5) is 0 Å². The Morgan fingerprint density at radius 2 is 1.45 bits per heavy atom. The molecule has 1 saturated carbocycles. The first kappa shape index (κ1) is 20.1. The normalized spacial score (nSPS) is 14.3. The van der Waals surface area contributed by atoms with Crippen LogP contribution in [0.1, 0.15) is 24.0 Å². The van der Waals surface area contributed by atoms with Crippen LogP contribution in [0.3, 0.4) is 0 Å². The quantitative estimate of drug-likeness (QED) is 0.256. The lowest BCUT2D eigenvalue weighted by Crippen LogP contribution is -2.10. The Morgan fingerprint density at radius 3 is 2.15 bits per heavy atom. The van der Waals surface area contributed by atoms with Gasteiger partial charge >= 0.3 is 0 Å². The van der Waals surface area contributed by atoms with Crippen molar-refractivity contribution in [2.45, 2.75) is 24.7 Å². The van der Waals surface area contributed by atoms with E-state index in [1.165, 1.54) is 24.0 Å². The molecule has 0 saturated heterocycles. The molecule has 2 aromatic heterocycles. The summed E-state index contributed by atoms with van der Waals surface area (Å²) in [5.41, 5.74) is 8.23. The van der Waals surface area contributed by atoms with Gasteiger partial charge in [-0.1, -0.05) is 96.5 Å². The van der Waals surface area contributed by atoms with Gasteiger partial charge in [0.2, 0.25) is 0 Å². The summed E-state index contributed by atoms with van der Waals surface area (Å²) >= 11 is 6.41. The van der Waals surface area contributed by atoms with Gasteiger partial charge in [-0.05, 0) is 53.5 Å². The van der Waals surface area contributed by atoms with Gasteiger partial charge in [0.05, 0.1) is 11.2 Å². The van der Waals surface area contributed by atoms with E-state index in [1.807, 2.05) is 12.1 Å². The highest BCUT2D eigenvalue weighted by Gasteiger charge is 2.43. The molecular weight excluding hydrogens is 424 g/mol. The van der Waals surface area contributed by atoms with Crippen molar-refractivity contribution in [3.63, 3.8) is 0 Å². The molecule has 0 aliphatic heterocycles. The third-order valence-corrected chi connectivity index (χ3v) is 7.09. The Morgan fingerprint density at radius 1 is 0.758 bits per heavy atom. The summed E-state index contributed by atoms with van der Waals surface area (Å²) < 4.78 is 0. The highest BCUT2D eigenvalue weighted by atomic mass is 35.5. The van der Waals surface area contributed by atoms with Crippen LogP contribution in [0.2, 0.25) is 5.15 Å². The summed E-state index contributed by atoms with van der Waals surface area (Å²) in [6.45, 7) is 0. The van der Waals surface area contributed by atoms with Gasteiger partial charge in [0.1, 0.15) is 5.15 Å². The van der Waals surface area contributed by atoms with E-state index in [2.05, 4.69) is 89.9 Å². The smallest absolute Gasteiger partial charge is 0.138 e. The molecule has 2 nitrogen and oxygen atoms in total. The standard InChI is InChI=1S/C30H23ClN2/c31-29-26-19-25(22-9-5-2-6-10-22)28(33-27(26)15-18-32-29)23-11-13-24(14-12-23)30(16-17-30)20-21-7-3-1-4-8-21/h1-15,18-19H,16-17,20H2. The molecule has 5 aromatic rings. The first-order valence-corrected chi connectivity index (χ1v) is 11.8. The summed E-state index contributed by atoms with van der Waals surface area (Å²) in [7, 11) is 0. The molecule has 0 bridgehead atoms. The molecule has 1 aliphatic rings. The van der Waals surface area contributed by atoms with Gasteiger partial charge in [-0.15, -0.1) is 0 Å². The average molecular weight is 447 g/mol. The first-order valence-electron chi connectivity index (χ1n) is 11.4. The summed E-state index contributed by atoms with van der Waals surface area (Å²) in [5, 5.41) is 1.36. The molecule has 0 radical (unpaired) electrons. The molecule has 0 spiro atoms. The SMILES string of the molecule is Clc1nccc2nc(-c3ccc(C4(Cc5ccccc5)CC4)cc3)c(-c3ccccc3)cc12. The third kappa shape index (κ3) is 3.81. The fourth-order valence-electron chi connectivity index (χ4n) is 4.81. The molecule has 6 rings (SSSR count). The molecule has 33 heavy (non-hydrogen) atoms. The summed E-state index contributed by atoms with van der Waals surface area (Å²) in [6.07, 6.45) is 5.31. The fourth-order valence-corrected chi connectivity index (χ4v) is 5.01. The van der Waals surface area contributed by atoms with Gasteiger partial charge in [-0.25, -0.2) is 9.97 Å². The van der Waals surface area contributed by atoms with E-state index >= 15 is 0 Å². The van der Waals surface area contributed by atoms with Crippen molar-refractivity contribution in [2.75, 3.05) is 0 Å². The number of rotatable bonds is 5. The van der Waals surface area contributed by atoms with Crippen molar-refractivity contribution in [1.82, 2.24) is 9.97 Å². The predicted octanol–water partition coefficient (Wildman–Crippen LogP) is 7.89. The van der Waals surface area contributed by atoms with E-state index < -0.39 is 0 Å². The van der Waals surface area contributed by atoms with Crippen LogP contribution in [0.5, 0.6) is 0 Å². The number of halogens is 1. The maximum atomic E-state index is 6.41. The molecule has 3 aromatic carbocycles. The largest absolute Gasteiger partial charge is 0.247 e. The Bertz CT molecular complexity index is 1420. The van der Waals surface area contributed by atoms with Crippen LogP contribution in [-0.4, -0.2) is 9.97 Å². The predicted molar refractivity (Wildman–Crippen MR) is 136 cm³/mol. The van der Waals surface area contributed by atoms with Crippen molar-refractivity contribution in [3.05, 3.63) is 120 Å². The molecule has 2 heterocycles. The zero-order valence-electron chi connectivity index (χ0n) is 18.2. The second kappa shape index (κ2) is 8.13. The van der Waals surface area contributed by atoms with Crippen molar-refractivity contribution in [1.29, 1.82) is 0 Å². The van der Waals surface area contributed by atoms with Crippen molar-refractivity contribution < 1.29 is 0 Å². The van der Waals surface area contributed by atoms with Crippen LogP contribution < -0.4 is 0 Å². The minimum absolute atomic E-state index is 0.276. The van der Waals surface area contributed by atoms with Gasteiger partial charge in [-0.2, -0.15) is 0 Å². The topological polar surface area (TPSA) is 25.8 Å². The Labute approximate surface area is 198 Å². The number of nitrogens with zero attached hydrogens (tertiary/aromatic N) is 2. The monoisotopic (exact) mass is 446 g/mol. The first-order chi connectivity index (χ1) is 16.2. The van der Waals surface area contributed by atoms with Gasteiger partial charge in [-0.3, -0.25) is 0 Å². The van der Waals surface area contributed by atoms with Gasteiger partial charge in [0.25, 0.3) is 0 Å². The van der Waals surface area contributed by atoms with Crippen LogP contribution in [0, 0.1) is 0 Å². The Balaban J connectivity index is 1.42. The molecule has 160 valence electrons. The maximum absolute atomic E-state index is 6.41. The lowest BCUT2D eigenvalue weighted by Gasteiger charge is -2.17. The van der Waals surface area contributed by atoms with E-state index in [0.29, 0.717) is 5.15 Å². The molecule has 0 unspecified atom stereocenters. The van der Waals surface area contributed by atoms with Crippen LogP contribution in [0.25, 0.3) is 33.3 Å². The Hall–Kier alpha value is -3.49. The lowest BCUT2D eigenvalue weighted by atomic mass is 9.88. The highest BCUT2D eigenvalue weighted by Crippen LogP contribution is 2.51. The number of benzene rings is 3. The average Bonchev–Trinajstić information content (AvgIpc) is 3.65. The second-order valence-corrected chi connectivity index (χ2v) is 9.30. The molecule has 0 N–H and O–H groups in total. The number of hydrogen-bond acceptors (Lipinski definition) is 2. The molecule has 0 amide bonds. The maximum Gasteiger partial charge on any atom is 0.138 e. The van der Waals surface area contributed by atoms with Gasteiger partial charge in [0, 0.05) is 22.7 Å². The summed E-state index contributed by atoms with van der Waals surface area (Å²) in [4.78, 5) is 9.28. The van der Waals surface area contributed by atoms with E-state index in [1.54, 1.807) is 6.20 Å². The zero-order valence-corrected chi connectivity index (χ0v) is 19.0. The third-order valence-electron chi connectivity index (χ3n) is 6.79. The van der Waals surface area contributed by atoms with E-state index in [4.69, 9.17) is 16.6 Å². The molecular formula is C30H23ClN2. The highest BCUT2D eigenvalue weighted by molar-refractivity contribution is 6.34. The minimum Gasteiger partial charge on any atom is -0.247 e. The van der Waals surface area contributed by atoms with E-state index in [9.17, 15) is 0 Å². The van der Waals surface area contributed by atoms with Crippen LogP contribution in [-0.2, 0) is 11.8 Å². The van der Waals surface area contributed by atoms with Crippen molar-refractivity contribution in [2.24, 2.45) is 0 Å². The number of aromatic nitrogens is 2. The van der Waals surface area contributed by atoms with Crippen LogP contribution in [0.15, 0.2) is 103 Å². The van der Waals surface area contributed by atoms with Crippen molar-refractivity contribution in [3.8, 4) is 22.4 Å². The lowest BCUT2D eigenvalue weighted by molar-refractivity contribution is 0.688. The summed E-state index contributed by atoms with van der Waals surface area (Å²) in [5.74, 6) is 0. The molecule has 3 heteroatoms. The Kier molecular flexibility index (Phi) is 4.96. The van der Waals surface area contributed by atoms with Gasteiger partial charge in [0.15, 0.2) is 0 Å². The van der Waals surface area contributed by atoms with E-state index in [0.717, 1.165) is 39.7 Å². The number of fused-ring (bicyclic) bond motifs is 1. The van der Waals surface area contributed by atoms with Gasteiger partial charge < -0.3 is 0 Å². The van der Waals surface area contributed by atoms with Crippen molar-refractivity contribution >= 4 is 22.5 Å². The van der Waals surface area contributed by atoms with Crippen LogP contribution >= 0.6 is 11.6 Å². The molecule has 0 atom stereocenters. The zero-order chi connectivity index (χ0) is 22.3. The number of hydrogen-bond donors (Lipinski definition) is 0. The number of pyridine rings is 2. The molecule has 1 fully saturated rings. The van der Waals surface area contributed by atoms with E-state index in [-0.39, 0.29) is 5.41 Å². The fraction of sp³-hybridized carbons (Fsp3) is 0.133. The summed E-state index contributed by atoms with van der Waals surface area (Å²) in [6, 6.07) is 34.3. The second-order valence-electron chi connectivity index (χ2n) is 8.94.